The first-order valence-electron chi connectivity index (χ1n) is 8.78. The summed E-state index contributed by atoms with van der Waals surface area (Å²) in [6.07, 6.45) is -0.373. The maximum atomic E-state index is 13.1. The lowest BCUT2D eigenvalue weighted by molar-refractivity contribution is 0.0993. The molecular weight excluding hydrogens is 376 g/mol. The molecule has 3 aromatic rings. The van der Waals surface area contributed by atoms with Gasteiger partial charge < -0.3 is 14.8 Å². The number of anilines is 2. The lowest BCUT2D eigenvalue weighted by atomic mass is 10.1. The maximum Gasteiger partial charge on any atom is 0.260 e. The quantitative estimate of drug-likeness (QED) is 0.651. The molecule has 28 heavy (non-hydrogen) atoms. The molecule has 6 heteroatoms. The predicted molar refractivity (Wildman–Crippen MR) is 111 cm³/mol. The second-order valence-corrected chi connectivity index (χ2v) is 6.82. The number of rotatable bonds is 5. The molecule has 0 radical (unpaired) electrons. The number of nitrogens with one attached hydrogen (secondary N) is 1. The third-order valence-electron chi connectivity index (χ3n) is 4.72. The molecule has 0 aliphatic carbocycles. The SMILES string of the molecule is COc1cc(NC2c3ccccc3C(=O)N2c2ccc(Cl)cc2)cc(OC)c1. The molecule has 1 N–H and O–H groups in total. The average Bonchev–Trinajstić information content (AvgIpc) is 3.00. The van der Waals surface area contributed by atoms with Crippen molar-refractivity contribution in [3.63, 3.8) is 0 Å². The largest absolute Gasteiger partial charge is 0.497 e. The van der Waals surface area contributed by atoms with E-state index in [0.29, 0.717) is 22.1 Å². The average molecular weight is 395 g/mol. The van der Waals surface area contributed by atoms with Gasteiger partial charge in [0.15, 0.2) is 0 Å². The normalized spacial score (nSPS) is 15.3. The van der Waals surface area contributed by atoms with Gasteiger partial charge in [0.05, 0.1) is 14.2 Å². The van der Waals surface area contributed by atoms with Crippen molar-refractivity contribution >= 4 is 28.9 Å². The number of ether oxygens (including phenoxy) is 2. The van der Waals surface area contributed by atoms with Gasteiger partial charge in [-0.1, -0.05) is 29.8 Å². The second-order valence-electron chi connectivity index (χ2n) is 6.39. The summed E-state index contributed by atoms with van der Waals surface area (Å²) < 4.78 is 10.7. The van der Waals surface area contributed by atoms with Gasteiger partial charge in [-0.3, -0.25) is 9.69 Å². The number of amides is 1. The van der Waals surface area contributed by atoms with Crippen LogP contribution in [-0.2, 0) is 0 Å². The van der Waals surface area contributed by atoms with Crippen molar-refractivity contribution in [3.05, 3.63) is 82.9 Å². The summed E-state index contributed by atoms with van der Waals surface area (Å²) in [4.78, 5) is 14.9. The third-order valence-corrected chi connectivity index (χ3v) is 4.97. The lowest BCUT2D eigenvalue weighted by Gasteiger charge is -2.27. The Morgan fingerprint density at radius 2 is 1.57 bits per heavy atom. The van der Waals surface area contributed by atoms with E-state index in [9.17, 15) is 4.79 Å². The predicted octanol–water partition coefficient (Wildman–Crippen LogP) is 5.13. The Labute approximate surface area is 168 Å². The first kappa shape index (κ1) is 18.2. The van der Waals surface area contributed by atoms with Crippen LogP contribution in [0.2, 0.25) is 5.02 Å². The fraction of sp³-hybridized carbons (Fsp3) is 0.136. The summed E-state index contributed by atoms with van der Waals surface area (Å²) in [7, 11) is 3.21. The number of benzene rings is 3. The molecule has 142 valence electrons. The summed E-state index contributed by atoms with van der Waals surface area (Å²) in [5, 5.41) is 4.07. The Balaban J connectivity index is 1.77. The van der Waals surface area contributed by atoms with Crippen molar-refractivity contribution in [1.29, 1.82) is 0 Å². The van der Waals surface area contributed by atoms with Gasteiger partial charge in [-0.15, -0.1) is 0 Å². The molecule has 0 bridgehead atoms. The van der Waals surface area contributed by atoms with Crippen molar-refractivity contribution in [2.75, 3.05) is 24.4 Å². The third kappa shape index (κ3) is 3.25. The molecule has 1 unspecified atom stereocenters. The van der Waals surface area contributed by atoms with Gasteiger partial charge >= 0.3 is 0 Å². The summed E-state index contributed by atoms with van der Waals surface area (Å²) in [6.45, 7) is 0. The van der Waals surface area contributed by atoms with Crippen LogP contribution in [0.25, 0.3) is 0 Å². The van der Waals surface area contributed by atoms with Gasteiger partial charge in [0, 0.05) is 45.7 Å². The van der Waals surface area contributed by atoms with Gasteiger partial charge in [0.25, 0.3) is 5.91 Å². The highest BCUT2D eigenvalue weighted by molar-refractivity contribution is 6.30. The zero-order valence-corrected chi connectivity index (χ0v) is 16.2. The molecule has 1 atom stereocenters. The lowest BCUT2D eigenvalue weighted by Crippen LogP contribution is -2.32. The van der Waals surface area contributed by atoms with Gasteiger partial charge in [-0.25, -0.2) is 0 Å². The topological polar surface area (TPSA) is 50.8 Å². The van der Waals surface area contributed by atoms with E-state index < -0.39 is 0 Å². The molecule has 5 nitrogen and oxygen atoms in total. The first-order chi connectivity index (χ1) is 13.6. The molecule has 0 saturated heterocycles. The Morgan fingerprint density at radius 3 is 2.21 bits per heavy atom. The number of nitrogens with zero attached hydrogens (tertiary/aromatic N) is 1. The van der Waals surface area contributed by atoms with E-state index in [1.54, 1.807) is 37.3 Å². The van der Waals surface area contributed by atoms with Gasteiger partial charge in [-0.05, 0) is 30.3 Å². The van der Waals surface area contributed by atoms with Crippen LogP contribution in [0.4, 0.5) is 11.4 Å². The Kier molecular flexibility index (Phi) is 4.84. The molecule has 3 aromatic carbocycles. The number of fused-ring (bicyclic) bond motifs is 1. The highest BCUT2D eigenvalue weighted by Crippen LogP contribution is 2.39. The van der Waals surface area contributed by atoms with Crippen molar-refractivity contribution in [1.82, 2.24) is 0 Å². The summed E-state index contributed by atoms with van der Waals surface area (Å²) >= 11 is 6.03. The van der Waals surface area contributed by atoms with Crippen LogP contribution in [-0.4, -0.2) is 20.1 Å². The van der Waals surface area contributed by atoms with E-state index >= 15 is 0 Å². The van der Waals surface area contributed by atoms with Crippen LogP contribution >= 0.6 is 11.6 Å². The van der Waals surface area contributed by atoms with E-state index in [4.69, 9.17) is 21.1 Å². The number of hydrogen-bond acceptors (Lipinski definition) is 4. The van der Waals surface area contributed by atoms with Crippen LogP contribution in [0.15, 0.2) is 66.7 Å². The first-order valence-corrected chi connectivity index (χ1v) is 9.16. The molecule has 1 heterocycles. The molecule has 1 aliphatic heterocycles. The number of carbonyl (C=O) groups excluding carboxylic acids is 1. The number of carbonyl (C=O) groups is 1. The smallest absolute Gasteiger partial charge is 0.260 e. The van der Waals surface area contributed by atoms with Crippen molar-refractivity contribution < 1.29 is 14.3 Å². The number of hydrogen-bond donors (Lipinski definition) is 1. The second kappa shape index (κ2) is 7.44. The molecular formula is C22H19ClN2O3. The van der Waals surface area contributed by atoms with Gasteiger partial charge in [0.1, 0.15) is 17.7 Å². The number of halogens is 1. The summed E-state index contributed by atoms with van der Waals surface area (Å²) in [5.41, 5.74) is 3.12. The standard InChI is InChI=1S/C22H19ClN2O3/c1-27-17-11-15(12-18(13-17)28-2)24-21-19-5-3-4-6-20(19)22(26)25(21)16-9-7-14(23)8-10-16/h3-13,21,24H,1-2H3. The summed E-state index contributed by atoms with van der Waals surface area (Å²) in [6, 6.07) is 20.4. The molecule has 1 amide bonds. The zero-order chi connectivity index (χ0) is 19.7. The Hall–Kier alpha value is -3.18. The van der Waals surface area contributed by atoms with Crippen LogP contribution < -0.4 is 19.7 Å². The zero-order valence-electron chi connectivity index (χ0n) is 15.5. The van der Waals surface area contributed by atoms with E-state index in [1.807, 2.05) is 48.5 Å². The van der Waals surface area contributed by atoms with Crippen molar-refractivity contribution in [3.8, 4) is 11.5 Å². The van der Waals surface area contributed by atoms with E-state index in [-0.39, 0.29) is 12.1 Å². The molecule has 1 aliphatic rings. The monoisotopic (exact) mass is 394 g/mol. The Bertz CT molecular complexity index is 998. The van der Waals surface area contributed by atoms with E-state index in [0.717, 1.165) is 16.9 Å². The van der Waals surface area contributed by atoms with Crippen LogP contribution in [0, 0.1) is 0 Å². The minimum atomic E-state index is -0.373. The Morgan fingerprint density at radius 1 is 0.929 bits per heavy atom. The van der Waals surface area contributed by atoms with Crippen LogP contribution in [0.5, 0.6) is 11.5 Å². The number of methoxy groups -OCH3 is 2. The van der Waals surface area contributed by atoms with E-state index in [2.05, 4.69) is 5.32 Å². The molecule has 0 saturated carbocycles. The summed E-state index contributed by atoms with van der Waals surface area (Å²) in [5.74, 6) is 1.26. The fourth-order valence-corrected chi connectivity index (χ4v) is 3.50. The maximum absolute atomic E-state index is 13.1. The minimum Gasteiger partial charge on any atom is -0.497 e. The molecule has 0 spiro atoms. The van der Waals surface area contributed by atoms with Crippen LogP contribution in [0.3, 0.4) is 0 Å². The highest BCUT2D eigenvalue weighted by atomic mass is 35.5. The van der Waals surface area contributed by atoms with Gasteiger partial charge in [0.2, 0.25) is 0 Å². The molecule has 4 rings (SSSR count). The molecule has 0 aromatic heterocycles. The van der Waals surface area contributed by atoms with Crippen molar-refractivity contribution in [2.24, 2.45) is 0 Å². The fourth-order valence-electron chi connectivity index (χ4n) is 3.38. The highest BCUT2D eigenvalue weighted by Gasteiger charge is 2.37. The van der Waals surface area contributed by atoms with Gasteiger partial charge in [-0.2, -0.15) is 0 Å². The van der Waals surface area contributed by atoms with E-state index in [1.165, 1.54) is 0 Å². The van der Waals surface area contributed by atoms with Crippen molar-refractivity contribution in [2.45, 2.75) is 6.17 Å². The van der Waals surface area contributed by atoms with Crippen LogP contribution in [0.1, 0.15) is 22.1 Å². The molecule has 0 fully saturated rings. The minimum absolute atomic E-state index is 0.0646.